The number of rotatable bonds is 4. The van der Waals surface area contributed by atoms with Crippen LogP contribution in [-0.2, 0) is 4.79 Å². The van der Waals surface area contributed by atoms with Gasteiger partial charge in [0.25, 0.3) is 0 Å². The Morgan fingerprint density at radius 1 is 1.05 bits per heavy atom. The summed E-state index contributed by atoms with van der Waals surface area (Å²) < 4.78 is 10.6. The molecule has 0 fully saturated rings. The first-order valence-electron chi connectivity index (χ1n) is 6.74. The van der Waals surface area contributed by atoms with Gasteiger partial charge in [-0.15, -0.1) is 0 Å². The highest BCUT2D eigenvalue weighted by Crippen LogP contribution is 2.28. The molecule has 0 aliphatic heterocycles. The third-order valence-electron chi connectivity index (χ3n) is 2.94. The number of amides is 1. The van der Waals surface area contributed by atoms with Crippen LogP contribution in [0.15, 0.2) is 42.5 Å². The van der Waals surface area contributed by atoms with Crippen molar-refractivity contribution in [2.75, 3.05) is 12.4 Å². The van der Waals surface area contributed by atoms with Gasteiger partial charge in [0.15, 0.2) is 11.5 Å². The van der Waals surface area contributed by atoms with Gasteiger partial charge >= 0.3 is 5.97 Å². The molecule has 1 amide bonds. The Morgan fingerprint density at radius 2 is 1.82 bits per heavy atom. The number of benzene rings is 2. The van der Waals surface area contributed by atoms with Gasteiger partial charge in [-0.2, -0.15) is 0 Å². The summed E-state index contributed by atoms with van der Waals surface area (Å²) in [7, 11) is 1.52. The first-order valence-corrected chi connectivity index (χ1v) is 6.74. The lowest BCUT2D eigenvalue weighted by Crippen LogP contribution is -2.11. The summed E-state index contributed by atoms with van der Waals surface area (Å²) in [6.45, 7) is 3.33. The van der Waals surface area contributed by atoms with Gasteiger partial charge in [-0.1, -0.05) is 12.1 Å². The molecule has 0 atom stereocenters. The number of esters is 1. The van der Waals surface area contributed by atoms with Gasteiger partial charge in [0, 0.05) is 12.6 Å². The molecule has 0 radical (unpaired) electrons. The molecule has 2 aromatic rings. The zero-order valence-electron chi connectivity index (χ0n) is 12.7. The van der Waals surface area contributed by atoms with E-state index in [4.69, 9.17) is 9.47 Å². The van der Waals surface area contributed by atoms with Crippen molar-refractivity contribution in [2.45, 2.75) is 13.8 Å². The van der Waals surface area contributed by atoms with Crippen molar-refractivity contribution < 1.29 is 19.1 Å². The Labute approximate surface area is 128 Å². The molecule has 0 aliphatic carbocycles. The standard InChI is InChI=1S/C17H17NO4/c1-11-7-8-15(16(9-11)21-3)22-17(20)13-5-4-6-14(10-13)18-12(2)19/h4-10H,1-3H3,(H,18,19). The molecule has 1 N–H and O–H groups in total. The van der Waals surface area contributed by atoms with Gasteiger partial charge in [-0.25, -0.2) is 4.79 Å². The van der Waals surface area contributed by atoms with Crippen LogP contribution in [-0.4, -0.2) is 19.0 Å². The molecular formula is C17H17NO4. The quantitative estimate of drug-likeness (QED) is 0.695. The minimum Gasteiger partial charge on any atom is -0.493 e. The van der Waals surface area contributed by atoms with E-state index in [1.807, 2.05) is 13.0 Å². The molecule has 2 rings (SSSR count). The Morgan fingerprint density at radius 3 is 2.50 bits per heavy atom. The second kappa shape index (κ2) is 6.76. The maximum Gasteiger partial charge on any atom is 0.343 e. The predicted molar refractivity (Wildman–Crippen MR) is 83.4 cm³/mol. The lowest BCUT2D eigenvalue weighted by molar-refractivity contribution is -0.114. The molecule has 114 valence electrons. The van der Waals surface area contributed by atoms with Crippen LogP contribution in [0.5, 0.6) is 11.5 Å². The van der Waals surface area contributed by atoms with Gasteiger partial charge in [-0.05, 0) is 42.8 Å². The van der Waals surface area contributed by atoms with Crippen LogP contribution in [0.4, 0.5) is 5.69 Å². The summed E-state index contributed by atoms with van der Waals surface area (Å²) in [6, 6.07) is 11.9. The maximum atomic E-state index is 12.2. The van der Waals surface area contributed by atoms with Crippen LogP contribution in [0, 0.1) is 6.92 Å². The number of aryl methyl sites for hydroxylation is 1. The Bertz CT molecular complexity index is 710. The number of hydrogen-bond acceptors (Lipinski definition) is 4. The first kappa shape index (κ1) is 15.6. The zero-order chi connectivity index (χ0) is 16.1. The van der Waals surface area contributed by atoms with E-state index in [1.54, 1.807) is 36.4 Å². The maximum absolute atomic E-state index is 12.2. The van der Waals surface area contributed by atoms with Crippen LogP contribution in [0.3, 0.4) is 0 Å². The number of carbonyl (C=O) groups is 2. The van der Waals surface area contributed by atoms with E-state index < -0.39 is 5.97 Å². The van der Waals surface area contributed by atoms with E-state index in [0.29, 0.717) is 22.7 Å². The van der Waals surface area contributed by atoms with Gasteiger partial charge < -0.3 is 14.8 Å². The van der Waals surface area contributed by atoms with Crippen LogP contribution in [0.1, 0.15) is 22.8 Å². The van der Waals surface area contributed by atoms with Crippen molar-refractivity contribution in [1.82, 2.24) is 0 Å². The lowest BCUT2D eigenvalue weighted by atomic mass is 10.2. The molecule has 0 heterocycles. The number of nitrogens with one attached hydrogen (secondary N) is 1. The van der Waals surface area contributed by atoms with Gasteiger partial charge in [-0.3, -0.25) is 4.79 Å². The summed E-state index contributed by atoms with van der Waals surface area (Å²) in [5.74, 6) is 0.120. The van der Waals surface area contributed by atoms with Crippen molar-refractivity contribution in [1.29, 1.82) is 0 Å². The molecule has 0 spiro atoms. The third-order valence-corrected chi connectivity index (χ3v) is 2.94. The fourth-order valence-electron chi connectivity index (χ4n) is 1.95. The van der Waals surface area contributed by atoms with Crippen LogP contribution < -0.4 is 14.8 Å². The molecule has 22 heavy (non-hydrogen) atoms. The second-order valence-electron chi connectivity index (χ2n) is 4.81. The largest absolute Gasteiger partial charge is 0.493 e. The number of anilines is 1. The third kappa shape index (κ3) is 3.85. The topological polar surface area (TPSA) is 64.6 Å². The van der Waals surface area contributed by atoms with Gasteiger partial charge in [0.1, 0.15) is 0 Å². The van der Waals surface area contributed by atoms with Crippen LogP contribution in [0.2, 0.25) is 0 Å². The van der Waals surface area contributed by atoms with Crippen molar-refractivity contribution in [3.63, 3.8) is 0 Å². The lowest BCUT2D eigenvalue weighted by Gasteiger charge is -2.10. The van der Waals surface area contributed by atoms with E-state index in [1.165, 1.54) is 14.0 Å². The number of methoxy groups -OCH3 is 1. The van der Waals surface area contributed by atoms with Gasteiger partial charge in [0.05, 0.1) is 12.7 Å². The van der Waals surface area contributed by atoms with E-state index in [0.717, 1.165) is 5.56 Å². The van der Waals surface area contributed by atoms with Crippen LogP contribution in [0.25, 0.3) is 0 Å². The smallest absolute Gasteiger partial charge is 0.343 e. The average molecular weight is 299 g/mol. The molecule has 0 saturated carbocycles. The SMILES string of the molecule is COc1cc(C)ccc1OC(=O)c1cccc(NC(C)=O)c1. The molecule has 5 heteroatoms. The van der Waals surface area contributed by atoms with E-state index in [9.17, 15) is 9.59 Å². The molecule has 0 unspecified atom stereocenters. The minimum atomic E-state index is -0.519. The molecule has 0 saturated heterocycles. The van der Waals surface area contributed by atoms with E-state index >= 15 is 0 Å². The summed E-state index contributed by atoms with van der Waals surface area (Å²) in [5.41, 5.74) is 1.89. The normalized spacial score (nSPS) is 9.95. The summed E-state index contributed by atoms with van der Waals surface area (Å²) in [6.07, 6.45) is 0. The number of hydrogen-bond donors (Lipinski definition) is 1. The fraction of sp³-hybridized carbons (Fsp3) is 0.176. The molecule has 2 aromatic carbocycles. The second-order valence-corrected chi connectivity index (χ2v) is 4.81. The Hall–Kier alpha value is -2.82. The average Bonchev–Trinajstić information content (AvgIpc) is 2.48. The molecule has 5 nitrogen and oxygen atoms in total. The highest BCUT2D eigenvalue weighted by Gasteiger charge is 2.13. The van der Waals surface area contributed by atoms with E-state index in [-0.39, 0.29) is 5.91 Å². The van der Waals surface area contributed by atoms with E-state index in [2.05, 4.69) is 5.32 Å². The van der Waals surface area contributed by atoms with Crippen LogP contribution >= 0.6 is 0 Å². The summed E-state index contributed by atoms with van der Waals surface area (Å²) >= 11 is 0. The highest BCUT2D eigenvalue weighted by molar-refractivity contribution is 5.94. The number of ether oxygens (including phenoxy) is 2. The first-order chi connectivity index (χ1) is 10.5. The summed E-state index contributed by atoms with van der Waals surface area (Å²) in [5, 5.41) is 2.62. The number of carbonyl (C=O) groups excluding carboxylic acids is 2. The van der Waals surface area contributed by atoms with Crippen molar-refractivity contribution in [2.24, 2.45) is 0 Å². The van der Waals surface area contributed by atoms with Crippen molar-refractivity contribution in [3.05, 3.63) is 53.6 Å². The fourth-order valence-corrected chi connectivity index (χ4v) is 1.95. The van der Waals surface area contributed by atoms with Crippen molar-refractivity contribution in [3.8, 4) is 11.5 Å². The predicted octanol–water partition coefficient (Wildman–Crippen LogP) is 3.18. The van der Waals surface area contributed by atoms with Gasteiger partial charge in [0.2, 0.25) is 5.91 Å². The molecular weight excluding hydrogens is 282 g/mol. The Balaban J connectivity index is 2.20. The molecule has 0 aliphatic rings. The monoisotopic (exact) mass is 299 g/mol. The molecule has 0 bridgehead atoms. The molecule has 0 aromatic heterocycles. The minimum absolute atomic E-state index is 0.203. The summed E-state index contributed by atoms with van der Waals surface area (Å²) in [4.78, 5) is 23.3. The Kier molecular flexibility index (Phi) is 4.78. The zero-order valence-corrected chi connectivity index (χ0v) is 12.7. The highest BCUT2D eigenvalue weighted by atomic mass is 16.6. The van der Waals surface area contributed by atoms with Crippen molar-refractivity contribution >= 4 is 17.6 Å².